The number of hydrogen-bond acceptors (Lipinski definition) is 10. The number of amides is 2. The van der Waals surface area contributed by atoms with Crippen LogP contribution in [0, 0.1) is 0 Å². The summed E-state index contributed by atoms with van der Waals surface area (Å²) in [5.41, 5.74) is 8.46. The number of aromatic nitrogens is 7. The second-order valence-electron chi connectivity index (χ2n) is 11.1. The second-order valence-corrected chi connectivity index (χ2v) is 11.5. The third kappa shape index (κ3) is 9.90. The molecule has 0 saturated heterocycles. The van der Waals surface area contributed by atoms with Gasteiger partial charge >= 0.3 is 18.0 Å². The highest BCUT2D eigenvalue weighted by Gasteiger charge is 2.43. The number of carbonyl (C=O) groups excluding carboxylic acids is 2. The van der Waals surface area contributed by atoms with Crippen LogP contribution in [0.2, 0.25) is 5.02 Å². The molecule has 0 bridgehead atoms. The maximum atomic E-state index is 14.2. The van der Waals surface area contributed by atoms with Gasteiger partial charge < -0.3 is 26.6 Å². The number of aliphatic hydroxyl groups is 1. The number of ether oxygens (including phenoxy) is 1. The molecular formula is C29H31ClF6N10O5. The SMILES string of the molecule is C[C@H](N)C(=O)NCCCCC(O)O[C@@H](Cn1c(-c2ccc(Cl)cc2)nn(Cc2nc(C(N)=O)n(-c3ncccc3C(F)(F)F)n2)c1=O)C(F)(F)F. The minimum atomic E-state index is -5.10. The Morgan fingerprint density at radius 2 is 1.76 bits per heavy atom. The largest absolute Gasteiger partial charge is 0.420 e. The molecule has 22 heteroatoms. The van der Waals surface area contributed by atoms with Crippen LogP contribution in [0.4, 0.5) is 26.3 Å². The van der Waals surface area contributed by atoms with Crippen molar-refractivity contribution in [2.45, 2.75) is 70.1 Å². The van der Waals surface area contributed by atoms with Crippen molar-refractivity contribution in [2.24, 2.45) is 11.5 Å². The van der Waals surface area contributed by atoms with E-state index in [9.17, 15) is 45.8 Å². The van der Waals surface area contributed by atoms with E-state index in [1.807, 2.05) is 0 Å². The standard InChI is InChI=1S/C29H31ClF6N10O5/c1-15(37)26(49)40-11-3-2-6-21(47)51-19(29(34,35)36)13-44-23(16-7-9-17(30)10-8-16)43-45(27(44)50)14-20-41-25(22(38)48)46(42-20)24-18(28(31,32)33)5-4-12-39-24/h4-5,7-10,12,15,19,21,47H,2-3,6,11,13-14,37H2,1H3,(H2,38,48)(H,40,49)/t15-,19-,21?/m0/s1. The van der Waals surface area contributed by atoms with E-state index in [4.69, 9.17) is 27.8 Å². The van der Waals surface area contributed by atoms with Gasteiger partial charge in [0.15, 0.2) is 29.9 Å². The molecule has 15 nitrogen and oxygen atoms in total. The smallest absolute Gasteiger partial charge is 0.368 e. The predicted octanol–water partition coefficient (Wildman–Crippen LogP) is 2.41. The van der Waals surface area contributed by atoms with Gasteiger partial charge in [0.1, 0.15) is 12.1 Å². The molecule has 3 atom stereocenters. The van der Waals surface area contributed by atoms with Crippen molar-refractivity contribution in [1.82, 2.24) is 39.4 Å². The summed E-state index contributed by atoms with van der Waals surface area (Å²) in [7, 11) is 0. The van der Waals surface area contributed by atoms with Crippen molar-refractivity contribution >= 4 is 23.4 Å². The molecule has 2 amide bonds. The Bertz CT molecular complexity index is 1890. The van der Waals surface area contributed by atoms with Gasteiger partial charge in [-0.2, -0.15) is 31.0 Å². The van der Waals surface area contributed by atoms with E-state index in [-0.39, 0.29) is 35.8 Å². The number of halogens is 7. The van der Waals surface area contributed by atoms with Crippen LogP contribution in [-0.4, -0.2) is 82.2 Å². The van der Waals surface area contributed by atoms with Crippen molar-refractivity contribution in [2.75, 3.05) is 6.54 Å². The Kier molecular flexibility index (Phi) is 12.2. The number of aliphatic hydroxyl groups excluding tert-OH is 1. The highest BCUT2D eigenvalue weighted by Crippen LogP contribution is 2.33. The van der Waals surface area contributed by atoms with E-state index in [2.05, 4.69) is 25.5 Å². The Hall–Kier alpha value is -4.86. The molecule has 0 aliphatic heterocycles. The molecule has 3 heterocycles. The number of benzene rings is 1. The van der Waals surface area contributed by atoms with E-state index in [1.165, 1.54) is 31.2 Å². The molecule has 4 rings (SSSR count). The lowest BCUT2D eigenvalue weighted by Gasteiger charge is -2.24. The first-order valence-corrected chi connectivity index (χ1v) is 15.4. The monoisotopic (exact) mass is 748 g/mol. The van der Waals surface area contributed by atoms with Crippen LogP contribution in [-0.2, 0) is 28.8 Å². The Balaban J connectivity index is 1.65. The van der Waals surface area contributed by atoms with Crippen molar-refractivity contribution in [3.63, 3.8) is 0 Å². The highest BCUT2D eigenvalue weighted by molar-refractivity contribution is 6.30. The lowest BCUT2D eigenvalue weighted by atomic mass is 10.2. The van der Waals surface area contributed by atoms with E-state index < -0.39 is 84.4 Å². The summed E-state index contributed by atoms with van der Waals surface area (Å²) in [5.74, 6) is -4.13. The van der Waals surface area contributed by atoms with E-state index in [1.54, 1.807) is 0 Å². The number of carbonyl (C=O) groups is 2. The Morgan fingerprint density at radius 3 is 2.37 bits per heavy atom. The normalized spacial score (nSPS) is 13.9. The van der Waals surface area contributed by atoms with Crippen molar-refractivity contribution in [3.05, 3.63) is 75.3 Å². The minimum absolute atomic E-state index is 0.130. The molecule has 4 aromatic rings. The summed E-state index contributed by atoms with van der Waals surface area (Å²) < 4.78 is 90.5. The number of nitrogens with zero attached hydrogens (tertiary/aromatic N) is 7. The van der Waals surface area contributed by atoms with Crippen LogP contribution in [0.1, 0.15) is 48.2 Å². The van der Waals surface area contributed by atoms with Gasteiger partial charge in [-0.1, -0.05) is 11.6 Å². The number of nitrogens with one attached hydrogen (secondary N) is 1. The van der Waals surface area contributed by atoms with Gasteiger partial charge in [-0.05, 0) is 62.6 Å². The molecule has 51 heavy (non-hydrogen) atoms. The molecule has 0 saturated carbocycles. The van der Waals surface area contributed by atoms with Gasteiger partial charge in [0.05, 0.1) is 12.6 Å². The zero-order valence-electron chi connectivity index (χ0n) is 26.5. The van der Waals surface area contributed by atoms with Crippen LogP contribution in [0.3, 0.4) is 0 Å². The Morgan fingerprint density at radius 1 is 1.08 bits per heavy atom. The first-order valence-electron chi connectivity index (χ1n) is 15.0. The van der Waals surface area contributed by atoms with E-state index in [0.717, 1.165) is 12.3 Å². The van der Waals surface area contributed by atoms with Gasteiger partial charge in [0.25, 0.3) is 5.91 Å². The minimum Gasteiger partial charge on any atom is -0.368 e. The van der Waals surface area contributed by atoms with Crippen LogP contribution < -0.4 is 22.5 Å². The van der Waals surface area contributed by atoms with Gasteiger partial charge in [-0.15, -0.1) is 10.2 Å². The van der Waals surface area contributed by atoms with Crippen LogP contribution in [0.5, 0.6) is 0 Å². The van der Waals surface area contributed by atoms with E-state index in [0.29, 0.717) is 26.4 Å². The van der Waals surface area contributed by atoms with Gasteiger partial charge in [-0.3, -0.25) is 14.2 Å². The van der Waals surface area contributed by atoms with E-state index >= 15 is 0 Å². The first-order chi connectivity index (χ1) is 23.9. The van der Waals surface area contributed by atoms with Gasteiger partial charge in [0, 0.05) is 23.3 Å². The first kappa shape index (κ1) is 38.9. The molecule has 0 radical (unpaired) electrons. The van der Waals surface area contributed by atoms with Crippen LogP contribution >= 0.6 is 11.6 Å². The summed E-state index contributed by atoms with van der Waals surface area (Å²) in [6, 6.07) is 6.43. The maximum absolute atomic E-state index is 14.2. The summed E-state index contributed by atoms with van der Waals surface area (Å²) in [6.45, 7) is -0.303. The summed E-state index contributed by atoms with van der Waals surface area (Å²) in [6.07, 6.45) is -13.5. The molecule has 3 aromatic heterocycles. The average Bonchev–Trinajstić information content (AvgIpc) is 3.61. The summed E-state index contributed by atoms with van der Waals surface area (Å²) in [5, 5.41) is 21.1. The zero-order valence-corrected chi connectivity index (χ0v) is 27.3. The molecule has 276 valence electrons. The van der Waals surface area contributed by atoms with Gasteiger partial charge in [-0.25, -0.2) is 19.4 Å². The Labute approximate surface area is 289 Å². The second kappa shape index (κ2) is 16.0. The third-order valence-electron chi connectivity index (χ3n) is 7.11. The molecular weight excluding hydrogens is 718 g/mol. The highest BCUT2D eigenvalue weighted by atomic mass is 35.5. The summed E-state index contributed by atoms with van der Waals surface area (Å²) in [4.78, 5) is 44.8. The number of alkyl halides is 6. The lowest BCUT2D eigenvalue weighted by Crippen LogP contribution is -2.41. The van der Waals surface area contributed by atoms with Crippen molar-refractivity contribution < 1.29 is 45.8 Å². The molecule has 0 fully saturated rings. The number of primary amides is 1. The molecule has 1 aromatic carbocycles. The van der Waals surface area contributed by atoms with Crippen LogP contribution in [0.15, 0.2) is 47.4 Å². The maximum Gasteiger partial charge on any atom is 0.420 e. The lowest BCUT2D eigenvalue weighted by molar-refractivity contribution is -0.267. The molecule has 0 spiro atoms. The van der Waals surface area contributed by atoms with Gasteiger partial charge in [0.2, 0.25) is 11.7 Å². The fourth-order valence-electron chi connectivity index (χ4n) is 4.63. The number of unbranched alkanes of at least 4 members (excludes halogenated alkanes) is 1. The number of hydrogen-bond donors (Lipinski definition) is 4. The predicted molar refractivity (Wildman–Crippen MR) is 166 cm³/mol. The number of nitrogens with two attached hydrogens (primary N) is 2. The molecule has 0 aliphatic carbocycles. The number of rotatable bonds is 15. The fourth-order valence-corrected chi connectivity index (χ4v) is 4.76. The number of pyridine rings is 1. The topological polar surface area (TPSA) is 211 Å². The molecule has 0 aliphatic rings. The van der Waals surface area contributed by atoms with Crippen LogP contribution in [0.25, 0.3) is 17.2 Å². The van der Waals surface area contributed by atoms with Crippen molar-refractivity contribution in [1.29, 1.82) is 0 Å². The quantitative estimate of drug-likeness (QED) is 0.0792. The molecule has 1 unspecified atom stereocenters. The molecule has 6 N–H and O–H groups in total. The fraction of sp³-hybridized carbons (Fsp3) is 0.414. The zero-order chi connectivity index (χ0) is 37.7. The average molecular weight is 749 g/mol. The third-order valence-corrected chi connectivity index (χ3v) is 7.36. The summed E-state index contributed by atoms with van der Waals surface area (Å²) >= 11 is 5.96. The van der Waals surface area contributed by atoms with Crippen molar-refractivity contribution in [3.8, 4) is 17.2 Å².